The highest BCUT2D eigenvalue weighted by atomic mass is 35.5. The number of piperidine rings is 1. The molecule has 1 amide bonds. The minimum atomic E-state index is -0.329. The van der Waals surface area contributed by atoms with Gasteiger partial charge in [-0.2, -0.15) is 0 Å². The SMILES string of the molecule is CCOC(=O)NC1CCN(c2ccc3c(Cl)cccc3n2)CC1. The monoisotopic (exact) mass is 333 g/mol. The Morgan fingerprint density at radius 2 is 2.13 bits per heavy atom. The number of rotatable bonds is 3. The summed E-state index contributed by atoms with van der Waals surface area (Å²) >= 11 is 6.18. The van der Waals surface area contributed by atoms with E-state index in [-0.39, 0.29) is 12.1 Å². The Hall–Kier alpha value is -2.01. The Morgan fingerprint density at radius 1 is 1.35 bits per heavy atom. The molecule has 0 aliphatic carbocycles. The smallest absolute Gasteiger partial charge is 0.407 e. The maximum absolute atomic E-state index is 11.5. The number of nitrogens with one attached hydrogen (secondary N) is 1. The molecule has 1 saturated heterocycles. The first-order chi connectivity index (χ1) is 11.2. The van der Waals surface area contributed by atoms with Gasteiger partial charge in [-0.15, -0.1) is 0 Å². The van der Waals surface area contributed by atoms with E-state index in [1.54, 1.807) is 6.92 Å². The number of aromatic nitrogens is 1. The molecule has 1 aliphatic rings. The predicted octanol–water partition coefficient (Wildman–Crippen LogP) is 3.60. The molecule has 1 fully saturated rings. The molecule has 3 rings (SSSR count). The molecule has 2 heterocycles. The molecule has 0 bridgehead atoms. The largest absolute Gasteiger partial charge is 0.450 e. The molecule has 0 saturated carbocycles. The van der Waals surface area contributed by atoms with E-state index >= 15 is 0 Å². The topological polar surface area (TPSA) is 54.5 Å². The lowest BCUT2D eigenvalue weighted by Gasteiger charge is -2.33. The van der Waals surface area contributed by atoms with Gasteiger partial charge in [-0.1, -0.05) is 17.7 Å². The molecule has 5 nitrogen and oxygen atoms in total. The number of alkyl carbamates (subject to hydrolysis) is 1. The number of pyridine rings is 1. The number of nitrogens with zero attached hydrogens (tertiary/aromatic N) is 2. The molecule has 0 atom stereocenters. The van der Waals surface area contributed by atoms with Crippen molar-refractivity contribution in [2.45, 2.75) is 25.8 Å². The van der Waals surface area contributed by atoms with Gasteiger partial charge in [-0.3, -0.25) is 0 Å². The van der Waals surface area contributed by atoms with E-state index in [0.29, 0.717) is 6.61 Å². The predicted molar refractivity (Wildman–Crippen MR) is 92.1 cm³/mol. The standard InChI is InChI=1S/C17H20ClN3O2/c1-2-23-17(22)19-12-8-10-21(11-9-12)16-7-6-13-14(18)4-3-5-15(13)20-16/h3-7,12H,2,8-11H2,1H3,(H,19,22). The van der Waals surface area contributed by atoms with E-state index in [4.69, 9.17) is 21.3 Å². The number of hydrogen-bond acceptors (Lipinski definition) is 4. The van der Waals surface area contributed by atoms with Gasteiger partial charge in [0.05, 0.1) is 12.1 Å². The van der Waals surface area contributed by atoms with Crippen LogP contribution in [0.15, 0.2) is 30.3 Å². The van der Waals surface area contributed by atoms with Crippen LogP contribution in [0.4, 0.5) is 10.6 Å². The molecule has 1 aromatic heterocycles. The second kappa shape index (κ2) is 7.04. The van der Waals surface area contributed by atoms with Crippen LogP contribution in [0.25, 0.3) is 10.9 Å². The lowest BCUT2D eigenvalue weighted by molar-refractivity contribution is 0.146. The van der Waals surface area contributed by atoms with Crippen molar-refractivity contribution in [3.63, 3.8) is 0 Å². The van der Waals surface area contributed by atoms with E-state index in [1.807, 2.05) is 30.3 Å². The molecule has 1 N–H and O–H groups in total. The highest BCUT2D eigenvalue weighted by molar-refractivity contribution is 6.35. The molecule has 23 heavy (non-hydrogen) atoms. The second-order valence-electron chi connectivity index (χ2n) is 5.60. The van der Waals surface area contributed by atoms with Crippen LogP contribution in [-0.2, 0) is 4.74 Å². The number of carbonyl (C=O) groups is 1. The van der Waals surface area contributed by atoms with Crippen molar-refractivity contribution in [3.8, 4) is 0 Å². The van der Waals surface area contributed by atoms with E-state index in [0.717, 1.165) is 47.7 Å². The van der Waals surface area contributed by atoms with Gasteiger partial charge in [-0.25, -0.2) is 9.78 Å². The Morgan fingerprint density at radius 3 is 2.87 bits per heavy atom. The lowest BCUT2D eigenvalue weighted by Crippen LogP contribution is -2.45. The zero-order valence-electron chi connectivity index (χ0n) is 13.1. The fourth-order valence-electron chi connectivity index (χ4n) is 2.88. The van der Waals surface area contributed by atoms with Crippen molar-refractivity contribution in [1.29, 1.82) is 0 Å². The van der Waals surface area contributed by atoms with Gasteiger partial charge in [0.1, 0.15) is 5.82 Å². The van der Waals surface area contributed by atoms with Gasteiger partial charge in [0.15, 0.2) is 0 Å². The molecule has 122 valence electrons. The molecule has 0 unspecified atom stereocenters. The third-order valence-electron chi connectivity index (χ3n) is 4.08. The van der Waals surface area contributed by atoms with Crippen LogP contribution in [0.2, 0.25) is 5.02 Å². The summed E-state index contributed by atoms with van der Waals surface area (Å²) in [6.07, 6.45) is 1.44. The van der Waals surface area contributed by atoms with Crippen LogP contribution in [0, 0.1) is 0 Å². The maximum atomic E-state index is 11.5. The third-order valence-corrected chi connectivity index (χ3v) is 4.41. The first kappa shape index (κ1) is 15.9. The van der Waals surface area contributed by atoms with Crippen LogP contribution in [0.3, 0.4) is 0 Å². The third kappa shape index (κ3) is 3.67. The van der Waals surface area contributed by atoms with Crippen molar-refractivity contribution in [1.82, 2.24) is 10.3 Å². The average molecular weight is 334 g/mol. The molecule has 0 spiro atoms. The van der Waals surface area contributed by atoms with Crippen LogP contribution >= 0.6 is 11.6 Å². The van der Waals surface area contributed by atoms with E-state index in [1.165, 1.54) is 0 Å². The summed E-state index contributed by atoms with van der Waals surface area (Å²) in [5, 5.41) is 4.59. The van der Waals surface area contributed by atoms with Crippen molar-refractivity contribution < 1.29 is 9.53 Å². The summed E-state index contributed by atoms with van der Waals surface area (Å²) in [5.41, 5.74) is 0.904. The number of amides is 1. The van der Waals surface area contributed by atoms with E-state index < -0.39 is 0 Å². The summed E-state index contributed by atoms with van der Waals surface area (Å²) in [6.45, 7) is 3.92. The quantitative estimate of drug-likeness (QED) is 0.932. The number of anilines is 1. The Labute approximate surface area is 140 Å². The fraction of sp³-hybridized carbons (Fsp3) is 0.412. The van der Waals surface area contributed by atoms with Crippen molar-refractivity contribution in [2.24, 2.45) is 0 Å². The molecular formula is C17H20ClN3O2. The van der Waals surface area contributed by atoms with Gasteiger partial charge in [0, 0.05) is 29.5 Å². The van der Waals surface area contributed by atoms with Gasteiger partial charge in [0.25, 0.3) is 0 Å². The van der Waals surface area contributed by atoms with Crippen LogP contribution < -0.4 is 10.2 Å². The van der Waals surface area contributed by atoms with Gasteiger partial charge < -0.3 is 15.0 Å². The molecule has 0 radical (unpaired) electrons. The van der Waals surface area contributed by atoms with Crippen molar-refractivity contribution >= 4 is 34.4 Å². The number of fused-ring (bicyclic) bond motifs is 1. The number of ether oxygens (including phenoxy) is 1. The highest BCUT2D eigenvalue weighted by Crippen LogP contribution is 2.26. The molecule has 1 aliphatic heterocycles. The minimum Gasteiger partial charge on any atom is -0.450 e. The zero-order chi connectivity index (χ0) is 16.2. The average Bonchev–Trinajstić information content (AvgIpc) is 2.56. The molecule has 2 aromatic rings. The summed E-state index contributed by atoms with van der Waals surface area (Å²) in [4.78, 5) is 18.4. The second-order valence-corrected chi connectivity index (χ2v) is 6.01. The van der Waals surface area contributed by atoms with E-state index in [9.17, 15) is 4.79 Å². The van der Waals surface area contributed by atoms with Crippen molar-refractivity contribution in [3.05, 3.63) is 35.4 Å². The fourth-order valence-corrected chi connectivity index (χ4v) is 3.11. The summed E-state index contributed by atoms with van der Waals surface area (Å²) in [7, 11) is 0. The highest BCUT2D eigenvalue weighted by Gasteiger charge is 2.22. The maximum Gasteiger partial charge on any atom is 0.407 e. The summed E-state index contributed by atoms with van der Waals surface area (Å²) in [5.74, 6) is 0.953. The van der Waals surface area contributed by atoms with E-state index in [2.05, 4.69) is 10.2 Å². The molecule has 1 aromatic carbocycles. The van der Waals surface area contributed by atoms with Crippen LogP contribution in [0.5, 0.6) is 0 Å². The summed E-state index contributed by atoms with van der Waals surface area (Å²) < 4.78 is 4.93. The zero-order valence-corrected chi connectivity index (χ0v) is 13.8. The normalized spacial score (nSPS) is 15.7. The lowest BCUT2D eigenvalue weighted by atomic mass is 10.1. The number of halogens is 1. The van der Waals surface area contributed by atoms with Crippen molar-refractivity contribution in [2.75, 3.05) is 24.6 Å². The Bertz CT molecular complexity index is 699. The Balaban J connectivity index is 1.65. The van der Waals surface area contributed by atoms with Gasteiger partial charge in [-0.05, 0) is 44.0 Å². The van der Waals surface area contributed by atoms with Crippen LogP contribution in [-0.4, -0.2) is 36.8 Å². The molecule has 6 heteroatoms. The number of benzene rings is 1. The van der Waals surface area contributed by atoms with Gasteiger partial charge >= 0.3 is 6.09 Å². The van der Waals surface area contributed by atoms with Gasteiger partial charge in [0.2, 0.25) is 0 Å². The summed E-state index contributed by atoms with van der Waals surface area (Å²) in [6, 6.07) is 9.95. The first-order valence-electron chi connectivity index (χ1n) is 7.91. The number of hydrogen-bond donors (Lipinski definition) is 1. The Kier molecular flexibility index (Phi) is 4.86. The minimum absolute atomic E-state index is 0.167. The van der Waals surface area contributed by atoms with Crippen LogP contribution in [0.1, 0.15) is 19.8 Å². The molecular weight excluding hydrogens is 314 g/mol. The number of carbonyl (C=O) groups excluding carboxylic acids is 1. The first-order valence-corrected chi connectivity index (χ1v) is 8.28.